The van der Waals surface area contributed by atoms with Gasteiger partial charge < -0.3 is 10.2 Å². The van der Waals surface area contributed by atoms with Crippen molar-refractivity contribution < 1.29 is 0 Å². The number of rotatable bonds is 9. The minimum absolute atomic E-state index is 0.671. The lowest BCUT2D eigenvalue weighted by molar-refractivity contribution is 0.204. The Morgan fingerprint density at radius 3 is 2.07 bits per heavy atom. The summed E-state index contributed by atoms with van der Waals surface area (Å²) in [5.41, 5.74) is 8.52. The Balaban J connectivity index is 1.61. The molecule has 0 amide bonds. The molecule has 0 aliphatic heterocycles. The number of aromatic nitrogens is 3. The van der Waals surface area contributed by atoms with Crippen molar-refractivity contribution in [1.29, 1.82) is 0 Å². The average Bonchev–Trinajstić information content (AvgIpc) is 3.19. The third-order valence-electron chi connectivity index (χ3n) is 4.59. The van der Waals surface area contributed by atoms with Crippen LogP contribution in [0.5, 0.6) is 0 Å². The fraction of sp³-hybridized carbons (Fsp3) is 0.333. The summed E-state index contributed by atoms with van der Waals surface area (Å²) in [6, 6.07) is 16.5. The van der Waals surface area contributed by atoms with Crippen LogP contribution in [-0.2, 0) is 6.54 Å². The zero-order valence-corrected chi connectivity index (χ0v) is 17.1. The lowest BCUT2D eigenvalue weighted by Crippen LogP contribution is -2.37. The van der Waals surface area contributed by atoms with Crippen molar-refractivity contribution in [2.75, 3.05) is 37.4 Å². The second-order valence-electron chi connectivity index (χ2n) is 6.77. The first-order valence-electron chi connectivity index (χ1n) is 9.63. The predicted octanol–water partition coefficient (Wildman–Crippen LogP) is 3.42. The van der Waals surface area contributed by atoms with Gasteiger partial charge in [0.05, 0.1) is 24.1 Å². The van der Waals surface area contributed by atoms with Gasteiger partial charge in [-0.05, 0) is 48.5 Å². The van der Waals surface area contributed by atoms with E-state index in [0.717, 1.165) is 35.8 Å². The fourth-order valence-corrected chi connectivity index (χ4v) is 2.85. The monoisotopic (exact) mass is 379 g/mol. The summed E-state index contributed by atoms with van der Waals surface area (Å²) in [5.74, 6) is 0. The Kier molecular flexibility index (Phi) is 6.62. The van der Waals surface area contributed by atoms with Crippen molar-refractivity contribution in [2.45, 2.75) is 20.4 Å². The van der Waals surface area contributed by atoms with Crippen LogP contribution in [0.3, 0.4) is 0 Å². The lowest BCUT2D eigenvalue weighted by atomic mass is 10.2. The van der Waals surface area contributed by atoms with Gasteiger partial charge in [0.2, 0.25) is 0 Å². The molecule has 2 aromatic carbocycles. The molecule has 2 N–H and O–H groups in total. The van der Waals surface area contributed by atoms with Crippen molar-refractivity contribution in [1.82, 2.24) is 25.4 Å². The molecule has 3 rings (SSSR count). The largest absolute Gasteiger partial charge is 0.378 e. The Morgan fingerprint density at radius 2 is 1.50 bits per heavy atom. The lowest BCUT2D eigenvalue weighted by Gasteiger charge is -2.18. The van der Waals surface area contributed by atoms with E-state index in [2.05, 4.69) is 69.1 Å². The van der Waals surface area contributed by atoms with Gasteiger partial charge in [0.15, 0.2) is 0 Å². The van der Waals surface area contributed by atoms with E-state index in [-0.39, 0.29) is 0 Å². The molecule has 0 spiro atoms. The van der Waals surface area contributed by atoms with Crippen LogP contribution in [0.2, 0.25) is 0 Å². The molecule has 28 heavy (non-hydrogen) atoms. The van der Waals surface area contributed by atoms with Crippen LogP contribution >= 0.6 is 0 Å². The molecule has 0 fully saturated rings. The third-order valence-corrected chi connectivity index (χ3v) is 4.59. The van der Waals surface area contributed by atoms with Crippen LogP contribution < -0.4 is 15.6 Å². The number of hydrogen-bond donors (Lipinski definition) is 2. The molecule has 3 aromatic rings. The van der Waals surface area contributed by atoms with Gasteiger partial charge in [0.25, 0.3) is 0 Å². The predicted molar refractivity (Wildman–Crippen MR) is 115 cm³/mol. The first-order valence-corrected chi connectivity index (χ1v) is 9.63. The molecule has 0 saturated carbocycles. The standard InChI is InChI=1S/C21H29N7/c1-5-27(6-2)22-15-19-16-28(25-24-19)21-13-9-18(10-14-21)23-17-7-11-20(12-8-17)26(3)4/h7-14,16,22-23H,5-6,15H2,1-4H3. The van der Waals surface area contributed by atoms with Gasteiger partial charge in [-0.2, -0.15) is 0 Å². The van der Waals surface area contributed by atoms with Crippen LogP contribution in [-0.4, -0.2) is 47.2 Å². The average molecular weight is 380 g/mol. The van der Waals surface area contributed by atoms with Crippen LogP contribution in [0.15, 0.2) is 54.7 Å². The molecule has 1 heterocycles. The number of benzene rings is 2. The summed E-state index contributed by atoms with van der Waals surface area (Å²) in [7, 11) is 4.08. The summed E-state index contributed by atoms with van der Waals surface area (Å²) >= 11 is 0. The maximum Gasteiger partial charge on any atom is 0.0983 e. The van der Waals surface area contributed by atoms with E-state index in [9.17, 15) is 0 Å². The fourth-order valence-electron chi connectivity index (χ4n) is 2.85. The molecule has 1 aromatic heterocycles. The van der Waals surface area contributed by atoms with E-state index in [4.69, 9.17) is 0 Å². The molecule has 0 bridgehead atoms. The molecule has 148 valence electrons. The highest BCUT2D eigenvalue weighted by molar-refractivity contribution is 5.63. The van der Waals surface area contributed by atoms with E-state index in [1.165, 1.54) is 5.69 Å². The van der Waals surface area contributed by atoms with Crippen LogP contribution in [0.25, 0.3) is 5.69 Å². The zero-order valence-electron chi connectivity index (χ0n) is 17.1. The Labute approximate surface area is 166 Å². The number of hydrogen-bond acceptors (Lipinski definition) is 6. The minimum atomic E-state index is 0.671. The SMILES string of the molecule is CCN(CC)NCc1cn(-c2ccc(Nc3ccc(N(C)C)cc3)cc2)nn1. The van der Waals surface area contributed by atoms with E-state index < -0.39 is 0 Å². The third kappa shape index (κ3) is 5.09. The van der Waals surface area contributed by atoms with E-state index in [1.54, 1.807) is 4.68 Å². The van der Waals surface area contributed by atoms with Gasteiger partial charge in [-0.3, -0.25) is 0 Å². The molecule has 0 atom stereocenters. The van der Waals surface area contributed by atoms with Crippen molar-refractivity contribution in [3.8, 4) is 5.69 Å². The smallest absolute Gasteiger partial charge is 0.0983 e. The number of anilines is 3. The van der Waals surface area contributed by atoms with Crippen molar-refractivity contribution in [3.63, 3.8) is 0 Å². The Hall–Kier alpha value is -2.90. The van der Waals surface area contributed by atoms with Crippen molar-refractivity contribution in [3.05, 3.63) is 60.4 Å². The van der Waals surface area contributed by atoms with E-state index >= 15 is 0 Å². The quantitative estimate of drug-likeness (QED) is 0.556. The molecule has 7 nitrogen and oxygen atoms in total. The summed E-state index contributed by atoms with van der Waals surface area (Å²) in [6.07, 6.45) is 1.96. The molecular formula is C21H29N7. The van der Waals surface area contributed by atoms with Crippen molar-refractivity contribution in [2.24, 2.45) is 0 Å². The Bertz CT molecular complexity index is 849. The van der Waals surface area contributed by atoms with Crippen LogP contribution in [0.4, 0.5) is 17.1 Å². The van der Waals surface area contributed by atoms with Gasteiger partial charge >= 0.3 is 0 Å². The van der Waals surface area contributed by atoms with E-state index in [1.807, 2.05) is 44.6 Å². The molecule has 0 unspecified atom stereocenters. The summed E-state index contributed by atoms with van der Waals surface area (Å²) < 4.78 is 1.80. The molecule has 0 aliphatic rings. The van der Waals surface area contributed by atoms with Gasteiger partial charge in [0, 0.05) is 44.2 Å². The number of nitrogens with one attached hydrogen (secondary N) is 2. The van der Waals surface area contributed by atoms with Crippen LogP contribution in [0.1, 0.15) is 19.5 Å². The van der Waals surface area contributed by atoms with Gasteiger partial charge in [0.1, 0.15) is 0 Å². The summed E-state index contributed by atoms with van der Waals surface area (Å²) in [6.45, 7) is 6.83. The number of hydrazine groups is 1. The highest BCUT2D eigenvalue weighted by atomic mass is 15.5. The molecule has 7 heteroatoms. The molecule has 0 aliphatic carbocycles. The summed E-state index contributed by atoms with van der Waals surface area (Å²) in [5, 5.41) is 14.1. The highest BCUT2D eigenvalue weighted by Gasteiger charge is 2.05. The van der Waals surface area contributed by atoms with Gasteiger partial charge in [-0.25, -0.2) is 15.1 Å². The van der Waals surface area contributed by atoms with Gasteiger partial charge in [-0.15, -0.1) is 5.10 Å². The highest BCUT2D eigenvalue weighted by Crippen LogP contribution is 2.21. The van der Waals surface area contributed by atoms with Crippen LogP contribution in [0, 0.1) is 0 Å². The van der Waals surface area contributed by atoms with Crippen molar-refractivity contribution >= 4 is 17.1 Å². The molecular weight excluding hydrogens is 350 g/mol. The molecule has 0 radical (unpaired) electrons. The zero-order chi connectivity index (χ0) is 19.9. The number of nitrogens with zero attached hydrogens (tertiary/aromatic N) is 5. The maximum atomic E-state index is 4.25. The van der Waals surface area contributed by atoms with E-state index in [0.29, 0.717) is 6.54 Å². The minimum Gasteiger partial charge on any atom is -0.378 e. The molecule has 0 saturated heterocycles. The first-order chi connectivity index (χ1) is 13.6. The summed E-state index contributed by atoms with van der Waals surface area (Å²) in [4.78, 5) is 2.09. The topological polar surface area (TPSA) is 61.2 Å². The normalized spacial score (nSPS) is 11.0. The Morgan fingerprint density at radius 1 is 0.893 bits per heavy atom. The second kappa shape index (κ2) is 9.34. The maximum absolute atomic E-state index is 4.25. The second-order valence-corrected chi connectivity index (χ2v) is 6.77. The first kappa shape index (κ1) is 19.9. The van der Waals surface area contributed by atoms with Gasteiger partial charge in [-0.1, -0.05) is 19.1 Å².